The average molecular weight is 354 g/mol. The normalized spacial score (nSPS) is 21.4. The highest BCUT2D eigenvalue weighted by Crippen LogP contribution is 2.44. The second-order valence-corrected chi connectivity index (χ2v) is 7.43. The van der Waals surface area contributed by atoms with Crippen LogP contribution in [0.3, 0.4) is 0 Å². The molecule has 25 heavy (non-hydrogen) atoms. The zero-order chi connectivity index (χ0) is 17.0. The lowest BCUT2D eigenvalue weighted by Crippen LogP contribution is -2.31. The highest BCUT2D eigenvalue weighted by Gasteiger charge is 2.49. The van der Waals surface area contributed by atoms with Crippen LogP contribution in [0.15, 0.2) is 41.8 Å². The van der Waals surface area contributed by atoms with Crippen molar-refractivity contribution in [2.75, 3.05) is 6.54 Å². The van der Waals surface area contributed by atoms with Crippen LogP contribution < -0.4 is 0 Å². The van der Waals surface area contributed by atoms with E-state index in [1.54, 1.807) is 16.8 Å². The van der Waals surface area contributed by atoms with E-state index < -0.39 is 0 Å². The average Bonchev–Trinajstić information content (AvgIpc) is 3.07. The largest absolute Gasteiger partial charge is 0.333 e. The van der Waals surface area contributed by atoms with Gasteiger partial charge in [0.2, 0.25) is 5.82 Å². The van der Waals surface area contributed by atoms with Crippen LogP contribution in [-0.2, 0) is 0 Å². The lowest BCUT2D eigenvalue weighted by atomic mass is 10.3. The van der Waals surface area contributed by atoms with Gasteiger partial charge in [-0.2, -0.15) is 0 Å². The molecule has 2 aromatic heterocycles. The van der Waals surface area contributed by atoms with Crippen LogP contribution in [-0.4, -0.2) is 38.2 Å². The molecule has 3 heterocycles. The van der Waals surface area contributed by atoms with Gasteiger partial charge in [-0.15, -0.1) is 16.4 Å². The van der Waals surface area contributed by atoms with Crippen LogP contribution in [0.25, 0.3) is 16.4 Å². The van der Waals surface area contributed by atoms with Crippen molar-refractivity contribution in [3.05, 3.63) is 53.4 Å². The second kappa shape index (κ2) is 5.49. The van der Waals surface area contributed by atoms with Gasteiger partial charge in [0, 0.05) is 12.6 Å². The van der Waals surface area contributed by atoms with E-state index in [1.165, 1.54) is 23.5 Å². The fraction of sp³-hybridized carbons (Fsp3) is 0.278. The summed E-state index contributed by atoms with van der Waals surface area (Å²) < 4.78 is 15.2. The molecule has 2 fully saturated rings. The highest BCUT2D eigenvalue weighted by atomic mass is 32.1. The fourth-order valence-corrected chi connectivity index (χ4v) is 4.23. The number of likely N-dealkylation sites (tertiary alicyclic amines) is 1. The first kappa shape index (κ1) is 14.8. The topological polar surface area (TPSA) is 51.0 Å². The minimum absolute atomic E-state index is 0.127. The number of carbonyl (C=O) groups excluding carboxylic acids is 1. The molecule has 5 rings (SSSR count). The Labute approximate surface area is 147 Å². The summed E-state index contributed by atoms with van der Waals surface area (Å²) in [7, 11) is 0. The van der Waals surface area contributed by atoms with Crippen LogP contribution in [0.5, 0.6) is 0 Å². The zero-order valence-corrected chi connectivity index (χ0v) is 14.1. The molecule has 1 aliphatic carbocycles. The SMILES string of the molecule is O=C(c1nc(-c2cccs2)n(-c2cccc(F)c2)n1)N1CCC2CC21. The van der Waals surface area contributed by atoms with Gasteiger partial charge in [-0.1, -0.05) is 12.1 Å². The third-order valence-corrected chi connectivity index (χ3v) is 5.75. The van der Waals surface area contributed by atoms with E-state index in [1.807, 2.05) is 22.4 Å². The van der Waals surface area contributed by atoms with Gasteiger partial charge in [-0.05, 0) is 48.4 Å². The molecule has 2 aliphatic rings. The van der Waals surface area contributed by atoms with E-state index in [0.717, 1.165) is 24.3 Å². The third-order valence-electron chi connectivity index (χ3n) is 4.88. The quantitative estimate of drug-likeness (QED) is 0.725. The number of aromatic nitrogens is 3. The molecule has 1 saturated carbocycles. The summed E-state index contributed by atoms with van der Waals surface area (Å²) >= 11 is 1.51. The molecule has 5 nitrogen and oxygen atoms in total. The Morgan fingerprint density at radius 2 is 2.20 bits per heavy atom. The lowest BCUT2D eigenvalue weighted by molar-refractivity contribution is 0.0756. The van der Waals surface area contributed by atoms with Gasteiger partial charge in [-0.3, -0.25) is 4.79 Å². The molecule has 3 aromatic rings. The summed E-state index contributed by atoms with van der Waals surface area (Å²) in [4.78, 5) is 20.1. The van der Waals surface area contributed by atoms with E-state index in [-0.39, 0.29) is 17.5 Å². The Hall–Kier alpha value is -2.54. The summed E-state index contributed by atoms with van der Waals surface area (Å²) in [6.07, 6.45) is 2.16. The predicted octanol–water partition coefficient (Wildman–Crippen LogP) is 3.37. The molecule has 0 spiro atoms. The van der Waals surface area contributed by atoms with E-state index in [9.17, 15) is 9.18 Å². The number of amides is 1. The summed E-state index contributed by atoms with van der Waals surface area (Å²) in [6, 6.07) is 10.4. The molecule has 126 valence electrons. The summed E-state index contributed by atoms with van der Waals surface area (Å²) in [6.45, 7) is 0.775. The first-order chi connectivity index (χ1) is 12.2. The van der Waals surface area contributed by atoms with Crippen molar-refractivity contribution in [2.45, 2.75) is 18.9 Å². The Balaban J connectivity index is 1.59. The van der Waals surface area contributed by atoms with Gasteiger partial charge in [0.05, 0.1) is 10.6 Å². The maximum Gasteiger partial charge on any atom is 0.293 e. The van der Waals surface area contributed by atoms with E-state index in [0.29, 0.717) is 23.5 Å². The fourth-order valence-electron chi connectivity index (χ4n) is 3.53. The van der Waals surface area contributed by atoms with Crippen molar-refractivity contribution in [1.82, 2.24) is 19.7 Å². The minimum atomic E-state index is -0.349. The summed E-state index contributed by atoms with van der Waals surface area (Å²) in [5.74, 6) is 0.929. The highest BCUT2D eigenvalue weighted by molar-refractivity contribution is 7.13. The van der Waals surface area contributed by atoms with E-state index >= 15 is 0 Å². The monoisotopic (exact) mass is 354 g/mol. The Morgan fingerprint density at radius 1 is 1.28 bits per heavy atom. The molecular weight excluding hydrogens is 339 g/mol. The molecule has 1 aromatic carbocycles. The zero-order valence-electron chi connectivity index (χ0n) is 13.3. The van der Waals surface area contributed by atoms with Crippen LogP contribution in [0.1, 0.15) is 23.5 Å². The van der Waals surface area contributed by atoms with Gasteiger partial charge in [0.25, 0.3) is 5.91 Å². The smallest absolute Gasteiger partial charge is 0.293 e. The van der Waals surface area contributed by atoms with Crippen molar-refractivity contribution in [2.24, 2.45) is 5.92 Å². The number of thiophene rings is 1. The Morgan fingerprint density at radius 3 is 2.88 bits per heavy atom. The molecule has 1 amide bonds. The first-order valence-corrected chi connectivity index (χ1v) is 9.16. The van der Waals surface area contributed by atoms with Crippen LogP contribution >= 0.6 is 11.3 Å². The maximum atomic E-state index is 13.7. The number of fused-ring (bicyclic) bond motifs is 1. The van der Waals surface area contributed by atoms with E-state index in [2.05, 4.69) is 10.1 Å². The van der Waals surface area contributed by atoms with Crippen molar-refractivity contribution in [3.63, 3.8) is 0 Å². The third kappa shape index (κ3) is 2.46. The van der Waals surface area contributed by atoms with Gasteiger partial charge in [-0.25, -0.2) is 14.1 Å². The molecular formula is C18H15FN4OS. The van der Waals surface area contributed by atoms with Crippen LogP contribution in [0, 0.1) is 11.7 Å². The standard InChI is InChI=1S/C18H15FN4OS/c19-12-3-1-4-13(10-12)23-17(15-5-2-8-25-15)20-16(21-23)18(24)22-7-6-11-9-14(11)22/h1-5,8,10-11,14H,6-7,9H2. The minimum Gasteiger partial charge on any atom is -0.333 e. The van der Waals surface area contributed by atoms with Crippen molar-refractivity contribution >= 4 is 17.2 Å². The molecule has 0 N–H and O–H groups in total. The second-order valence-electron chi connectivity index (χ2n) is 6.48. The number of nitrogens with zero attached hydrogens (tertiary/aromatic N) is 4. The number of hydrogen-bond donors (Lipinski definition) is 0. The van der Waals surface area contributed by atoms with Crippen molar-refractivity contribution < 1.29 is 9.18 Å². The molecule has 2 unspecified atom stereocenters. The molecule has 0 bridgehead atoms. The Kier molecular flexibility index (Phi) is 3.24. The molecule has 7 heteroatoms. The van der Waals surface area contributed by atoms with Crippen LogP contribution in [0.4, 0.5) is 4.39 Å². The van der Waals surface area contributed by atoms with Gasteiger partial charge in [0.1, 0.15) is 5.82 Å². The first-order valence-electron chi connectivity index (χ1n) is 8.28. The van der Waals surface area contributed by atoms with E-state index in [4.69, 9.17) is 0 Å². The number of piperidine rings is 1. The molecule has 2 atom stereocenters. The molecule has 0 radical (unpaired) electrons. The Bertz CT molecular complexity index is 952. The molecule has 1 saturated heterocycles. The van der Waals surface area contributed by atoms with Crippen LogP contribution in [0.2, 0.25) is 0 Å². The number of rotatable bonds is 3. The number of carbonyl (C=O) groups is 1. The number of benzene rings is 1. The maximum absolute atomic E-state index is 13.7. The lowest BCUT2D eigenvalue weighted by Gasteiger charge is -2.15. The number of hydrogen-bond acceptors (Lipinski definition) is 4. The number of halogens is 1. The summed E-state index contributed by atoms with van der Waals surface area (Å²) in [5.41, 5.74) is 0.556. The summed E-state index contributed by atoms with van der Waals surface area (Å²) in [5, 5.41) is 6.37. The molecule has 1 aliphatic heterocycles. The van der Waals surface area contributed by atoms with Crippen molar-refractivity contribution in [3.8, 4) is 16.4 Å². The van der Waals surface area contributed by atoms with Gasteiger partial charge in [0.15, 0.2) is 5.82 Å². The van der Waals surface area contributed by atoms with Crippen molar-refractivity contribution in [1.29, 1.82) is 0 Å². The van der Waals surface area contributed by atoms with Gasteiger partial charge < -0.3 is 4.90 Å². The predicted molar refractivity (Wildman–Crippen MR) is 92.2 cm³/mol. The van der Waals surface area contributed by atoms with Gasteiger partial charge >= 0.3 is 0 Å².